The molecule has 0 bridgehead atoms. The minimum absolute atomic E-state index is 0.125. The fourth-order valence-corrected chi connectivity index (χ4v) is 5.18. The lowest BCUT2D eigenvalue weighted by Gasteiger charge is -2.34. The van der Waals surface area contributed by atoms with Crippen molar-refractivity contribution in [3.8, 4) is 17.0 Å². The van der Waals surface area contributed by atoms with Gasteiger partial charge in [0.25, 0.3) is 0 Å². The third-order valence-electron chi connectivity index (χ3n) is 4.43. The lowest BCUT2D eigenvalue weighted by Crippen LogP contribution is -2.36. The van der Waals surface area contributed by atoms with E-state index in [1.807, 2.05) is 36.5 Å². The monoisotopic (exact) mass is 507 g/mol. The Kier molecular flexibility index (Phi) is 5.84. The number of nitrogens with zero attached hydrogens (tertiary/aromatic N) is 2. The number of hydrogen-bond acceptors (Lipinski definition) is 3. The Balaban J connectivity index is 2.24. The van der Waals surface area contributed by atoms with E-state index in [4.69, 9.17) is 9.72 Å². The Labute approximate surface area is 184 Å². The Hall–Kier alpha value is -1.53. The summed E-state index contributed by atoms with van der Waals surface area (Å²) in [5.41, 5.74) is 2.77. The number of halogens is 2. The summed E-state index contributed by atoms with van der Waals surface area (Å²) in [6.07, 6.45) is 3.05. The van der Waals surface area contributed by atoms with Gasteiger partial charge in [-0.2, -0.15) is 0 Å². The van der Waals surface area contributed by atoms with Crippen molar-refractivity contribution >= 4 is 43.3 Å². The average Bonchev–Trinajstić information content (AvgIpc) is 2.90. The number of fused-ring (bicyclic) bond motifs is 1. The van der Waals surface area contributed by atoms with Gasteiger partial charge < -0.3 is 10.1 Å². The zero-order valence-corrected chi connectivity index (χ0v) is 20.4. The zero-order chi connectivity index (χ0) is 20.7. The molecule has 150 valence electrons. The molecule has 2 heterocycles. The minimum Gasteiger partial charge on any atom is -0.496 e. The summed E-state index contributed by atoms with van der Waals surface area (Å²) in [4.78, 5) is 4.97. The number of nitrogens with one attached hydrogen (secondary N) is 1. The first kappa shape index (κ1) is 21.2. The summed E-state index contributed by atoms with van der Waals surface area (Å²) in [6, 6.07) is 10.0. The van der Waals surface area contributed by atoms with E-state index in [1.54, 1.807) is 7.11 Å². The number of anilines is 1. The predicted molar refractivity (Wildman–Crippen MR) is 124 cm³/mol. The number of pyridine rings is 1. The second-order valence-corrected chi connectivity index (χ2v) is 10.7. The van der Waals surface area contributed by atoms with Gasteiger partial charge in [0.15, 0.2) is 5.65 Å². The highest BCUT2D eigenvalue weighted by Gasteiger charge is 2.29. The molecule has 4 nitrogen and oxygen atoms in total. The lowest BCUT2D eigenvalue weighted by molar-refractivity contribution is 0.302. The van der Waals surface area contributed by atoms with Crippen LogP contribution >= 0.6 is 31.9 Å². The molecule has 0 aliphatic rings. The number of methoxy groups -OCH3 is 1. The number of para-hydroxylation sites is 1. The largest absolute Gasteiger partial charge is 0.496 e. The van der Waals surface area contributed by atoms with Crippen LogP contribution < -0.4 is 10.1 Å². The van der Waals surface area contributed by atoms with Crippen molar-refractivity contribution in [1.29, 1.82) is 0 Å². The van der Waals surface area contributed by atoms with Crippen LogP contribution in [0.3, 0.4) is 0 Å². The van der Waals surface area contributed by atoms with Crippen LogP contribution in [0.2, 0.25) is 0 Å². The van der Waals surface area contributed by atoms with E-state index in [0.717, 1.165) is 43.8 Å². The molecular weight excluding hydrogens is 482 g/mol. The van der Waals surface area contributed by atoms with Crippen molar-refractivity contribution in [3.05, 3.63) is 45.5 Å². The smallest absolute Gasteiger partial charge is 0.153 e. The number of benzene rings is 1. The van der Waals surface area contributed by atoms with Crippen LogP contribution in [0.15, 0.2) is 45.5 Å². The van der Waals surface area contributed by atoms with Crippen molar-refractivity contribution < 1.29 is 4.74 Å². The Morgan fingerprint density at radius 1 is 1.11 bits per heavy atom. The third kappa shape index (κ3) is 4.54. The topological polar surface area (TPSA) is 38.6 Å². The van der Waals surface area contributed by atoms with Crippen molar-refractivity contribution in [2.24, 2.45) is 5.41 Å². The maximum atomic E-state index is 5.62. The van der Waals surface area contributed by atoms with Gasteiger partial charge in [-0.1, -0.05) is 32.9 Å². The summed E-state index contributed by atoms with van der Waals surface area (Å²) in [5.74, 6) is 1.76. The van der Waals surface area contributed by atoms with E-state index in [-0.39, 0.29) is 11.0 Å². The highest BCUT2D eigenvalue weighted by molar-refractivity contribution is 9.11. The highest BCUT2D eigenvalue weighted by Crippen LogP contribution is 2.39. The molecule has 2 aromatic heterocycles. The maximum absolute atomic E-state index is 5.62. The molecule has 0 amide bonds. The Morgan fingerprint density at radius 2 is 1.79 bits per heavy atom. The molecule has 0 atom stereocenters. The first-order chi connectivity index (χ1) is 13.0. The highest BCUT2D eigenvalue weighted by atomic mass is 79.9. The molecule has 3 rings (SSSR count). The predicted octanol–water partition coefficient (Wildman–Crippen LogP) is 7.16. The summed E-state index contributed by atoms with van der Waals surface area (Å²) in [5, 5.41) is 3.77. The number of ether oxygens (including phenoxy) is 1. The van der Waals surface area contributed by atoms with Gasteiger partial charge in [0.1, 0.15) is 17.3 Å². The van der Waals surface area contributed by atoms with Gasteiger partial charge in [-0.25, -0.2) is 4.98 Å². The van der Waals surface area contributed by atoms with E-state index in [2.05, 4.69) is 76.2 Å². The molecule has 1 aromatic carbocycles. The standard InChI is InChI=1S/C22H27Br2N3O/c1-21(2,3)13-22(4,5)26-20-18(15-9-7-8-10-17(15)28-6)25-19-16(24)11-14(23)12-27(19)20/h7-12,26H,13H2,1-6H3. The van der Waals surface area contributed by atoms with E-state index in [1.165, 1.54) is 0 Å². The first-order valence-electron chi connectivity index (χ1n) is 9.29. The summed E-state index contributed by atoms with van der Waals surface area (Å²) in [7, 11) is 1.69. The molecule has 1 N–H and O–H groups in total. The SMILES string of the molecule is COc1ccccc1-c1nc2c(Br)cc(Br)cn2c1NC(C)(C)CC(C)(C)C. The molecule has 0 aliphatic carbocycles. The maximum Gasteiger partial charge on any atom is 0.153 e. The number of hydrogen-bond donors (Lipinski definition) is 1. The van der Waals surface area contributed by atoms with Crippen molar-refractivity contribution in [1.82, 2.24) is 9.38 Å². The van der Waals surface area contributed by atoms with E-state index in [0.29, 0.717) is 0 Å². The fraction of sp³-hybridized carbons (Fsp3) is 0.409. The van der Waals surface area contributed by atoms with Crippen LogP contribution in [-0.2, 0) is 0 Å². The normalized spacial score (nSPS) is 12.4. The van der Waals surface area contributed by atoms with Crippen LogP contribution in [0.25, 0.3) is 16.9 Å². The molecule has 0 saturated carbocycles. The van der Waals surface area contributed by atoms with Gasteiger partial charge in [-0.05, 0) is 75.7 Å². The van der Waals surface area contributed by atoms with Gasteiger partial charge in [-0.3, -0.25) is 4.40 Å². The van der Waals surface area contributed by atoms with Crippen molar-refractivity contribution in [3.63, 3.8) is 0 Å². The summed E-state index contributed by atoms with van der Waals surface area (Å²) >= 11 is 7.27. The van der Waals surface area contributed by atoms with Crippen LogP contribution in [0, 0.1) is 5.41 Å². The number of rotatable bonds is 5. The first-order valence-corrected chi connectivity index (χ1v) is 10.9. The molecule has 0 radical (unpaired) electrons. The Morgan fingerprint density at radius 3 is 2.43 bits per heavy atom. The average molecular weight is 509 g/mol. The summed E-state index contributed by atoms with van der Waals surface area (Å²) < 4.78 is 9.62. The minimum atomic E-state index is -0.125. The van der Waals surface area contributed by atoms with Crippen LogP contribution in [0.5, 0.6) is 5.75 Å². The summed E-state index contributed by atoms with van der Waals surface area (Å²) in [6.45, 7) is 11.3. The molecule has 6 heteroatoms. The molecular formula is C22H27Br2N3O. The second-order valence-electron chi connectivity index (χ2n) is 8.96. The quantitative estimate of drug-likeness (QED) is 0.397. The molecule has 0 spiro atoms. The van der Waals surface area contributed by atoms with E-state index < -0.39 is 0 Å². The van der Waals surface area contributed by atoms with Gasteiger partial charge in [-0.15, -0.1) is 0 Å². The van der Waals surface area contributed by atoms with Gasteiger partial charge in [0.2, 0.25) is 0 Å². The molecule has 28 heavy (non-hydrogen) atoms. The molecule has 0 fully saturated rings. The number of imidazole rings is 1. The molecule has 0 aliphatic heterocycles. The third-order valence-corrected chi connectivity index (χ3v) is 5.45. The van der Waals surface area contributed by atoms with Gasteiger partial charge >= 0.3 is 0 Å². The number of aromatic nitrogens is 2. The van der Waals surface area contributed by atoms with Crippen LogP contribution in [0.4, 0.5) is 5.82 Å². The Bertz CT molecular complexity index is 1000. The van der Waals surface area contributed by atoms with E-state index >= 15 is 0 Å². The van der Waals surface area contributed by atoms with Crippen molar-refractivity contribution in [2.75, 3.05) is 12.4 Å². The van der Waals surface area contributed by atoms with Gasteiger partial charge in [0.05, 0.1) is 11.6 Å². The molecule has 0 saturated heterocycles. The van der Waals surface area contributed by atoms with Crippen LogP contribution in [0.1, 0.15) is 41.0 Å². The zero-order valence-electron chi connectivity index (χ0n) is 17.2. The van der Waals surface area contributed by atoms with Crippen molar-refractivity contribution in [2.45, 2.75) is 46.6 Å². The lowest BCUT2D eigenvalue weighted by atomic mass is 9.82. The second kappa shape index (κ2) is 7.71. The van der Waals surface area contributed by atoms with Crippen LogP contribution in [-0.4, -0.2) is 22.0 Å². The fourth-order valence-electron chi connectivity index (χ4n) is 3.91. The van der Waals surface area contributed by atoms with E-state index in [9.17, 15) is 0 Å². The van der Waals surface area contributed by atoms with Gasteiger partial charge in [0, 0.05) is 21.8 Å². The molecule has 3 aromatic rings. The molecule has 0 unspecified atom stereocenters.